The van der Waals surface area contributed by atoms with E-state index in [9.17, 15) is 9.59 Å². The highest BCUT2D eigenvalue weighted by molar-refractivity contribution is 6.01. The van der Waals surface area contributed by atoms with E-state index in [2.05, 4.69) is 20.7 Å². The summed E-state index contributed by atoms with van der Waals surface area (Å²) >= 11 is 0. The Bertz CT molecular complexity index is 1340. The number of rotatable bonds is 8. The number of anilines is 1. The third-order valence-corrected chi connectivity index (χ3v) is 6.35. The number of hydrogen-bond donors (Lipinski definition) is 1. The first-order valence-corrected chi connectivity index (χ1v) is 12.1. The van der Waals surface area contributed by atoms with E-state index in [-0.39, 0.29) is 30.2 Å². The maximum Gasteiger partial charge on any atom is 0.251 e. The molecule has 1 aromatic carbocycles. The van der Waals surface area contributed by atoms with Crippen LogP contribution in [0.3, 0.4) is 0 Å². The molecule has 1 atom stereocenters. The summed E-state index contributed by atoms with van der Waals surface area (Å²) in [4.78, 5) is 30.2. The molecule has 2 amide bonds. The Hall–Kier alpha value is -4.21. The number of benzene rings is 1. The van der Waals surface area contributed by atoms with Crippen molar-refractivity contribution in [3.8, 4) is 11.6 Å². The predicted octanol–water partition coefficient (Wildman–Crippen LogP) is 3.98. The van der Waals surface area contributed by atoms with Gasteiger partial charge in [-0.15, -0.1) is 10.2 Å². The number of furan rings is 2. The Kier molecular flexibility index (Phi) is 6.66. The van der Waals surface area contributed by atoms with E-state index in [1.165, 1.54) is 16.0 Å². The van der Waals surface area contributed by atoms with Gasteiger partial charge in [-0.1, -0.05) is 31.0 Å². The van der Waals surface area contributed by atoms with Crippen molar-refractivity contribution in [3.63, 3.8) is 0 Å². The van der Waals surface area contributed by atoms with Crippen molar-refractivity contribution in [1.29, 1.82) is 0 Å². The van der Waals surface area contributed by atoms with Gasteiger partial charge in [0.15, 0.2) is 11.8 Å². The minimum absolute atomic E-state index is 0.0834. The topological polar surface area (TPSA) is 119 Å². The van der Waals surface area contributed by atoms with Crippen molar-refractivity contribution in [1.82, 2.24) is 25.5 Å². The van der Waals surface area contributed by atoms with Gasteiger partial charge in [0.25, 0.3) is 11.8 Å². The molecule has 1 saturated carbocycles. The number of tetrazole rings is 1. The van der Waals surface area contributed by atoms with Gasteiger partial charge in [0, 0.05) is 11.7 Å². The van der Waals surface area contributed by atoms with Crippen LogP contribution in [0.5, 0.6) is 0 Å². The second-order valence-corrected chi connectivity index (χ2v) is 9.01. The summed E-state index contributed by atoms with van der Waals surface area (Å²) in [7, 11) is 0. The largest absolute Gasteiger partial charge is 0.467 e. The van der Waals surface area contributed by atoms with Crippen LogP contribution in [0, 0.1) is 13.8 Å². The van der Waals surface area contributed by atoms with Gasteiger partial charge >= 0.3 is 0 Å². The Morgan fingerprint density at radius 3 is 2.61 bits per heavy atom. The Balaban J connectivity index is 1.48. The van der Waals surface area contributed by atoms with Gasteiger partial charge in [-0.05, 0) is 67.8 Å². The first-order valence-electron chi connectivity index (χ1n) is 12.1. The van der Waals surface area contributed by atoms with E-state index in [1.807, 2.05) is 38.1 Å². The van der Waals surface area contributed by atoms with Gasteiger partial charge in [-0.2, -0.15) is 4.80 Å². The molecule has 0 aliphatic heterocycles. The molecule has 1 aliphatic carbocycles. The summed E-state index contributed by atoms with van der Waals surface area (Å²) in [6.45, 7) is 3.49. The molecule has 0 unspecified atom stereocenters. The Morgan fingerprint density at radius 2 is 1.92 bits per heavy atom. The predicted molar refractivity (Wildman–Crippen MR) is 131 cm³/mol. The molecule has 0 radical (unpaired) electrons. The molecule has 0 spiro atoms. The number of nitrogens with one attached hydrogen (secondary N) is 1. The van der Waals surface area contributed by atoms with Gasteiger partial charge in [-0.3, -0.25) is 14.5 Å². The zero-order chi connectivity index (χ0) is 25.1. The van der Waals surface area contributed by atoms with Crippen molar-refractivity contribution in [3.05, 3.63) is 71.9 Å². The van der Waals surface area contributed by atoms with Gasteiger partial charge in [-0.25, -0.2) is 0 Å². The fourth-order valence-electron chi connectivity index (χ4n) is 4.58. The number of aromatic nitrogens is 4. The maximum atomic E-state index is 13.8. The highest BCUT2D eigenvalue weighted by Crippen LogP contribution is 2.32. The fraction of sp³-hybridized carbons (Fsp3) is 0.346. The number of carbonyl (C=O) groups is 2. The SMILES string of the molecule is Cc1ccc(-c2nnn(CC(=O)N(c3ccccc3C)[C@@H](C(=O)NC3CCCC3)c3ccco3)n2)o1. The second kappa shape index (κ2) is 10.2. The van der Waals surface area contributed by atoms with Gasteiger partial charge in [0.2, 0.25) is 5.82 Å². The van der Waals surface area contributed by atoms with Crippen LogP contribution in [0.15, 0.2) is 63.6 Å². The molecule has 5 rings (SSSR count). The van der Waals surface area contributed by atoms with Crippen molar-refractivity contribution >= 4 is 17.5 Å². The third kappa shape index (κ3) is 4.93. The lowest BCUT2D eigenvalue weighted by Gasteiger charge is -2.31. The molecule has 36 heavy (non-hydrogen) atoms. The summed E-state index contributed by atoms with van der Waals surface area (Å²) < 4.78 is 11.2. The minimum atomic E-state index is -0.995. The van der Waals surface area contributed by atoms with Gasteiger partial charge in [0.1, 0.15) is 18.1 Å². The molecule has 0 saturated heterocycles. The summed E-state index contributed by atoms with van der Waals surface area (Å²) in [5, 5.41) is 15.5. The molecule has 1 aliphatic rings. The van der Waals surface area contributed by atoms with E-state index in [1.54, 1.807) is 24.3 Å². The van der Waals surface area contributed by atoms with Gasteiger partial charge < -0.3 is 14.2 Å². The summed E-state index contributed by atoms with van der Waals surface area (Å²) in [6, 6.07) is 13.5. The number of hydrogen-bond acceptors (Lipinski definition) is 7. The van der Waals surface area contributed by atoms with E-state index in [0.717, 1.165) is 37.0 Å². The Morgan fingerprint density at radius 1 is 1.11 bits per heavy atom. The van der Waals surface area contributed by atoms with Crippen LogP contribution >= 0.6 is 0 Å². The summed E-state index contributed by atoms with van der Waals surface area (Å²) in [5.41, 5.74) is 1.45. The van der Waals surface area contributed by atoms with Crippen molar-refractivity contribution < 1.29 is 18.4 Å². The average Bonchev–Trinajstić information content (AvgIpc) is 3.66. The zero-order valence-electron chi connectivity index (χ0n) is 20.3. The van der Waals surface area contributed by atoms with Crippen LogP contribution in [-0.2, 0) is 16.1 Å². The maximum absolute atomic E-state index is 13.8. The zero-order valence-corrected chi connectivity index (χ0v) is 20.3. The quantitative estimate of drug-likeness (QED) is 0.398. The molecule has 186 valence electrons. The van der Waals surface area contributed by atoms with Crippen molar-refractivity contribution in [2.75, 3.05) is 4.90 Å². The molecule has 10 heteroatoms. The normalized spacial score (nSPS) is 14.6. The van der Waals surface area contributed by atoms with Crippen LogP contribution in [0.4, 0.5) is 5.69 Å². The highest BCUT2D eigenvalue weighted by atomic mass is 16.3. The molecule has 1 N–H and O–H groups in total. The molecule has 3 heterocycles. The second-order valence-electron chi connectivity index (χ2n) is 9.01. The van der Waals surface area contributed by atoms with E-state index < -0.39 is 6.04 Å². The first-order chi connectivity index (χ1) is 17.5. The smallest absolute Gasteiger partial charge is 0.251 e. The molecule has 4 aromatic rings. The molecular formula is C26H28N6O4. The molecule has 1 fully saturated rings. The average molecular weight is 489 g/mol. The van der Waals surface area contributed by atoms with E-state index in [4.69, 9.17) is 8.83 Å². The van der Waals surface area contributed by atoms with Crippen LogP contribution in [0.2, 0.25) is 0 Å². The molecular weight excluding hydrogens is 460 g/mol. The fourth-order valence-corrected chi connectivity index (χ4v) is 4.58. The monoisotopic (exact) mass is 488 g/mol. The standard InChI is InChI=1S/C26H28N6O4/c1-17-8-3-6-11-20(17)32(23(33)16-31-29-25(28-30-31)22-14-13-18(2)36-22)24(21-12-7-15-35-21)26(34)27-19-9-4-5-10-19/h3,6-8,11-15,19,24H,4-5,9-10,16H2,1-2H3,(H,27,34)/t24-/m1/s1. The lowest BCUT2D eigenvalue weighted by Crippen LogP contribution is -2.47. The van der Waals surface area contributed by atoms with Crippen LogP contribution in [-0.4, -0.2) is 38.1 Å². The van der Waals surface area contributed by atoms with Crippen LogP contribution in [0.1, 0.15) is 48.8 Å². The van der Waals surface area contributed by atoms with Crippen molar-refractivity contribution in [2.24, 2.45) is 0 Å². The summed E-state index contributed by atoms with van der Waals surface area (Å²) in [6.07, 6.45) is 5.50. The Labute approximate surface area is 208 Å². The van der Waals surface area contributed by atoms with Crippen LogP contribution in [0.25, 0.3) is 11.6 Å². The van der Waals surface area contributed by atoms with E-state index >= 15 is 0 Å². The number of amides is 2. The van der Waals surface area contributed by atoms with Gasteiger partial charge in [0.05, 0.1) is 6.26 Å². The number of para-hydroxylation sites is 1. The number of aryl methyl sites for hydroxylation is 2. The lowest BCUT2D eigenvalue weighted by molar-refractivity contribution is -0.128. The number of nitrogens with zero attached hydrogens (tertiary/aromatic N) is 5. The minimum Gasteiger partial charge on any atom is -0.467 e. The molecule has 0 bridgehead atoms. The summed E-state index contributed by atoms with van der Waals surface area (Å²) in [5.74, 6) is 1.17. The highest BCUT2D eigenvalue weighted by Gasteiger charge is 2.37. The molecule has 10 nitrogen and oxygen atoms in total. The lowest BCUT2D eigenvalue weighted by atomic mass is 10.1. The van der Waals surface area contributed by atoms with E-state index in [0.29, 0.717) is 17.2 Å². The first kappa shape index (κ1) is 23.5. The molecule has 3 aromatic heterocycles. The van der Waals surface area contributed by atoms with Crippen molar-refractivity contribution in [2.45, 2.75) is 58.2 Å². The van der Waals surface area contributed by atoms with Crippen LogP contribution < -0.4 is 10.2 Å². The number of carbonyl (C=O) groups excluding carboxylic acids is 2. The third-order valence-electron chi connectivity index (χ3n) is 6.35.